The maximum absolute atomic E-state index is 5.41. The fourth-order valence-electron chi connectivity index (χ4n) is 3.11. The lowest BCUT2D eigenvalue weighted by Gasteiger charge is -2.06. The van der Waals surface area contributed by atoms with Crippen molar-refractivity contribution < 1.29 is 4.42 Å². The number of fused-ring (bicyclic) bond motifs is 1. The highest BCUT2D eigenvalue weighted by atomic mass is 79.9. The van der Waals surface area contributed by atoms with E-state index in [2.05, 4.69) is 53.6 Å². The van der Waals surface area contributed by atoms with E-state index in [1.54, 1.807) is 23.9 Å². The van der Waals surface area contributed by atoms with Gasteiger partial charge in [-0.1, -0.05) is 28.1 Å². The molecule has 144 valence electrons. The van der Waals surface area contributed by atoms with Gasteiger partial charge in [0.15, 0.2) is 11.0 Å². The first-order chi connectivity index (χ1) is 14.1. The minimum absolute atomic E-state index is 0.758. The van der Waals surface area contributed by atoms with Crippen LogP contribution in [0.2, 0.25) is 0 Å². The molecule has 0 saturated heterocycles. The summed E-state index contributed by atoms with van der Waals surface area (Å²) in [6.45, 7) is 1.92. The Morgan fingerprint density at radius 1 is 1.07 bits per heavy atom. The lowest BCUT2D eigenvalue weighted by molar-refractivity contribution is 0.534. The molecule has 5 rings (SSSR count). The zero-order valence-corrected chi connectivity index (χ0v) is 18.7. The number of furan rings is 1. The third kappa shape index (κ3) is 3.29. The Labute approximate surface area is 183 Å². The average molecular weight is 484 g/mol. The summed E-state index contributed by atoms with van der Waals surface area (Å²) in [5, 5.41) is 13.5. The molecule has 29 heavy (non-hydrogen) atoms. The minimum atomic E-state index is 0.758. The van der Waals surface area contributed by atoms with E-state index in [9.17, 15) is 0 Å². The molecule has 6 nitrogen and oxygen atoms in total. The van der Waals surface area contributed by atoms with E-state index in [0.29, 0.717) is 0 Å². The van der Waals surface area contributed by atoms with E-state index in [1.807, 2.05) is 36.7 Å². The fourth-order valence-corrected chi connectivity index (χ4v) is 5.24. The van der Waals surface area contributed by atoms with Gasteiger partial charge in [0.1, 0.15) is 21.9 Å². The first-order valence-corrected chi connectivity index (χ1v) is 11.2. The fraction of sp³-hybridized carbons (Fsp3) is 0.100. The number of nitrogens with zero attached hydrogens (tertiary/aromatic N) is 5. The van der Waals surface area contributed by atoms with Crippen molar-refractivity contribution in [1.29, 1.82) is 0 Å². The van der Waals surface area contributed by atoms with Crippen LogP contribution in [0.3, 0.4) is 0 Å². The molecule has 0 spiro atoms. The molecule has 4 aromatic heterocycles. The predicted octanol–water partition coefficient (Wildman–Crippen LogP) is 5.97. The number of halogens is 1. The Kier molecular flexibility index (Phi) is 4.73. The van der Waals surface area contributed by atoms with Crippen molar-refractivity contribution in [1.82, 2.24) is 24.7 Å². The molecule has 1 aromatic carbocycles. The average Bonchev–Trinajstić information content (AvgIpc) is 3.43. The van der Waals surface area contributed by atoms with E-state index in [0.717, 1.165) is 53.1 Å². The number of hydrogen-bond donors (Lipinski definition) is 0. The zero-order valence-electron chi connectivity index (χ0n) is 15.5. The largest absolute Gasteiger partial charge is 0.469 e. The van der Waals surface area contributed by atoms with Gasteiger partial charge in [-0.2, -0.15) is 0 Å². The predicted molar refractivity (Wildman–Crippen MR) is 118 cm³/mol. The van der Waals surface area contributed by atoms with Crippen LogP contribution >= 0.6 is 39.0 Å². The molecule has 0 fully saturated rings. The molecule has 0 saturated carbocycles. The number of aryl methyl sites for hydroxylation is 1. The maximum Gasteiger partial charge on any atom is 0.197 e. The van der Waals surface area contributed by atoms with E-state index < -0.39 is 0 Å². The van der Waals surface area contributed by atoms with Crippen molar-refractivity contribution >= 4 is 49.2 Å². The highest BCUT2D eigenvalue weighted by Gasteiger charge is 2.19. The minimum Gasteiger partial charge on any atom is -0.469 e. The first kappa shape index (κ1) is 18.5. The molecule has 0 bridgehead atoms. The standard InChI is InChI=1S/C20H14BrN5OS2/c1-11-14(7-8-27-11)17-24-25-20(26(17)2)29-19-16-15(9-28-18(16)22-10-23-19)12-3-5-13(21)6-4-12/h3-10H,1-2H3. The Hall–Kier alpha value is -2.49. The van der Waals surface area contributed by atoms with Crippen LogP contribution in [-0.4, -0.2) is 24.7 Å². The summed E-state index contributed by atoms with van der Waals surface area (Å²) in [5.74, 6) is 1.58. The number of benzene rings is 1. The van der Waals surface area contributed by atoms with Crippen LogP contribution in [0.1, 0.15) is 5.76 Å². The van der Waals surface area contributed by atoms with Crippen molar-refractivity contribution in [3.8, 4) is 22.5 Å². The summed E-state index contributed by atoms with van der Waals surface area (Å²) >= 11 is 6.60. The first-order valence-electron chi connectivity index (χ1n) is 8.71. The van der Waals surface area contributed by atoms with Crippen LogP contribution in [0.5, 0.6) is 0 Å². The highest BCUT2D eigenvalue weighted by molar-refractivity contribution is 9.10. The number of aromatic nitrogens is 5. The summed E-state index contributed by atoms with van der Waals surface area (Å²) in [4.78, 5) is 9.97. The van der Waals surface area contributed by atoms with Gasteiger partial charge in [-0.05, 0) is 42.4 Å². The Morgan fingerprint density at radius 3 is 2.66 bits per heavy atom. The van der Waals surface area contributed by atoms with Gasteiger partial charge < -0.3 is 8.98 Å². The second kappa shape index (κ2) is 7.40. The molecule has 0 amide bonds. The highest BCUT2D eigenvalue weighted by Crippen LogP contribution is 2.40. The van der Waals surface area contributed by atoms with Crippen LogP contribution in [-0.2, 0) is 7.05 Å². The van der Waals surface area contributed by atoms with Gasteiger partial charge in [0.2, 0.25) is 0 Å². The van der Waals surface area contributed by atoms with E-state index >= 15 is 0 Å². The molecule has 0 unspecified atom stereocenters. The molecule has 5 aromatic rings. The molecule has 0 radical (unpaired) electrons. The van der Waals surface area contributed by atoms with E-state index in [4.69, 9.17) is 4.42 Å². The normalized spacial score (nSPS) is 11.4. The lowest BCUT2D eigenvalue weighted by Crippen LogP contribution is -1.95. The number of thiophene rings is 1. The Morgan fingerprint density at radius 2 is 1.90 bits per heavy atom. The maximum atomic E-state index is 5.41. The van der Waals surface area contributed by atoms with Gasteiger partial charge in [0.25, 0.3) is 0 Å². The van der Waals surface area contributed by atoms with Crippen LogP contribution in [0.25, 0.3) is 32.7 Å². The van der Waals surface area contributed by atoms with Crippen LogP contribution in [0.4, 0.5) is 0 Å². The molecular weight excluding hydrogens is 470 g/mol. The molecule has 0 aliphatic heterocycles. The number of hydrogen-bond acceptors (Lipinski definition) is 7. The van der Waals surface area contributed by atoms with Gasteiger partial charge in [-0.15, -0.1) is 21.5 Å². The van der Waals surface area contributed by atoms with Crippen molar-refractivity contribution in [3.63, 3.8) is 0 Å². The number of rotatable bonds is 4. The van der Waals surface area contributed by atoms with Gasteiger partial charge in [0.05, 0.1) is 17.2 Å². The zero-order chi connectivity index (χ0) is 20.0. The van der Waals surface area contributed by atoms with Crippen molar-refractivity contribution in [2.24, 2.45) is 7.05 Å². The summed E-state index contributed by atoms with van der Waals surface area (Å²) < 4.78 is 8.42. The third-order valence-electron chi connectivity index (χ3n) is 4.61. The van der Waals surface area contributed by atoms with Crippen molar-refractivity contribution in [2.75, 3.05) is 0 Å². The SMILES string of the molecule is Cc1occc1-c1nnc(Sc2ncnc3scc(-c4ccc(Br)cc4)c23)n1C. The Bertz CT molecular complexity index is 1320. The smallest absolute Gasteiger partial charge is 0.197 e. The van der Waals surface area contributed by atoms with Crippen molar-refractivity contribution in [3.05, 3.63) is 58.5 Å². The summed E-state index contributed by atoms with van der Waals surface area (Å²) in [7, 11) is 1.95. The van der Waals surface area contributed by atoms with Crippen molar-refractivity contribution in [2.45, 2.75) is 17.1 Å². The van der Waals surface area contributed by atoms with Crippen LogP contribution < -0.4 is 0 Å². The molecule has 0 aliphatic rings. The van der Waals surface area contributed by atoms with E-state index in [-0.39, 0.29) is 0 Å². The molecule has 9 heteroatoms. The van der Waals surface area contributed by atoms with E-state index in [1.165, 1.54) is 11.8 Å². The van der Waals surface area contributed by atoms with Gasteiger partial charge >= 0.3 is 0 Å². The Balaban J connectivity index is 1.58. The van der Waals surface area contributed by atoms with Gasteiger partial charge in [-0.25, -0.2) is 9.97 Å². The second-order valence-corrected chi connectivity index (χ2v) is 9.10. The van der Waals surface area contributed by atoms with Crippen LogP contribution in [0, 0.1) is 6.92 Å². The second-order valence-electron chi connectivity index (χ2n) is 6.37. The summed E-state index contributed by atoms with van der Waals surface area (Å²) in [6, 6.07) is 10.2. The molecule has 0 aliphatic carbocycles. The summed E-state index contributed by atoms with van der Waals surface area (Å²) in [6.07, 6.45) is 3.26. The molecule has 0 atom stereocenters. The quantitative estimate of drug-likeness (QED) is 0.293. The third-order valence-corrected chi connectivity index (χ3v) is 7.07. The summed E-state index contributed by atoms with van der Waals surface area (Å²) in [5.41, 5.74) is 3.18. The lowest BCUT2D eigenvalue weighted by atomic mass is 10.1. The monoisotopic (exact) mass is 483 g/mol. The molecule has 4 heterocycles. The van der Waals surface area contributed by atoms with Gasteiger partial charge in [0, 0.05) is 22.5 Å². The topological polar surface area (TPSA) is 69.6 Å². The molecular formula is C20H14BrN5OS2. The van der Waals surface area contributed by atoms with Gasteiger partial charge in [-0.3, -0.25) is 0 Å². The van der Waals surface area contributed by atoms with Crippen LogP contribution in [0.15, 0.2) is 67.4 Å². The molecule has 0 N–H and O–H groups in total.